The average molecular weight is 429 g/mol. The van der Waals surface area contributed by atoms with Gasteiger partial charge in [0.1, 0.15) is 11.5 Å². The smallest absolute Gasteiger partial charge is 0.241 e. The third kappa shape index (κ3) is 6.20. The molecule has 1 heterocycles. The van der Waals surface area contributed by atoms with Crippen molar-refractivity contribution in [2.24, 2.45) is 0 Å². The third-order valence-corrected chi connectivity index (χ3v) is 5.64. The average Bonchev–Trinajstić information content (AvgIpc) is 3.20. The molecule has 0 aliphatic heterocycles. The lowest BCUT2D eigenvalue weighted by Gasteiger charge is -2.10. The van der Waals surface area contributed by atoms with Gasteiger partial charge in [0.25, 0.3) is 0 Å². The van der Waals surface area contributed by atoms with Gasteiger partial charge in [0.05, 0.1) is 30.7 Å². The molecule has 8 heteroatoms. The summed E-state index contributed by atoms with van der Waals surface area (Å²) in [7, 11) is -3.74. The van der Waals surface area contributed by atoms with Crippen LogP contribution in [0.1, 0.15) is 23.3 Å². The standard InChI is InChI=1S/C22H24N2O5S/c1-16-11-17(2)13-20(12-16)29-10-8-22(25)24-18-5-3-7-21(14-18)30(26,27)23-15-19-6-4-9-28-19/h3-7,9,11-14,23H,8,10,15H2,1-2H3,(H,24,25). The summed E-state index contributed by atoms with van der Waals surface area (Å²) in [6.07, 6.45) is 1.62. The van der Waals surface area contributed by atoms with Crippen LogP contribution in [0.25, 0.3) is 0 Å². The van der Waals surface area contributed by atoms with Crippen molar-refractivity contribution in [3.63, 3.8) is 0 Å². The second-order valence-corrected chi connectivity index (χ2v) is 8.67. The van der Waals surface area contributed by atoms with Gasteiger partial charge in [-0.2, -0.15) is 0 Å². The topological polar surface area (TPSA) is 97.6 Å². The zero-order valence-electron chi connectivity index (χ0n) is 16.8. The van der Waals surface area contributed by atoms with Crippen molar-refractivity contribution in [2.75, 3.05) is 11.9 Å². The predicted octanol–water partition coefficient (Wildman–Crippen LogP) is 3.78. The summed E-state index contributed by atoms with van der Waals surface area (Å²) < 4.78 is 38.2. The van der Waals surface area contributed by atoms with Crippen LogP contribution in [0.15, 0.2) is 70.2 Å². The van der Waals surface area contributed by atoms with Crippen LogP contribution in [0.2, 0.25) is 0 Å². The first-order chi connectivity index (χ1) is 14.3. The van der Waals surface area contributed by atoms with Gasteiger partial charge in [-0.1, -0.05) is 12.1 Å². The number of ether oxygens (including phenoxy) is 1. The van der Waals surface area contributed by atoms with Crippen LogP contribution in [0.3, 0.4) is 0 Å². The number of sulfonamides is 1. The van der Waals surface area contributed by atoms with E-state index in [1.807, 2.05) is 32.0 Å². The molecule has 2 N–H and O–H groups in total. The Morgan fingerprint density at radius 1 is 1.03 bits per heavy atom. The van der Waals surface area contributed by atoms with E-state index >= 15 is 0 Å². The van der Waals surface area contributed by atoms with Gasteiger partial charge in [-0.25, -0.2) is 13.1 Å². The molecule has 0 saturated carbocycles. The Labute approximate surface area is 176 Å². The monoisotopic (exact) mass is 428 g/mol. The Bertz CT molecular complexity index is 1090. The summed E-state index contributed by atoms with van der Waals surface area (Å²) in [5, 5.41) is 2.70. The van der Waals surface area contributed by atoms with E-state index in [9.17, 15) is 13.2 Å². The van der Waals surface area contributed by atoms with Gasteiger partial charge in [-0.05, 0) is 67.4 Å². The maximum absolute atomic E-state index is 12.5. The first kappa shape index (κ1) is 21.6. The van der Waals surface area contributed by atoms with Crippen molar-refractivity contribution in [1.82, 2.24) is 4.72 Å². The minimum atomic E-state index is -3.74. The highest BCUT2D eigenvalue weighted by atomic mass is 32.2. The van der Waals surface area contributed by atoms with E-state index in [0.717, 1.165) is 16.9 Å². The molecule has 1 aromatic heterocycles. The number of rotatable bonds is 9. The Kier molecular flexibility index (Phi) is 6.91. The molecular formula is C22H24N2O5S. The highest BCUT2D eigenvalue weighted by Crippen LogP contribution is 2.18. The Morgan fingerprint density at radius 2 is 1.80 bits per heavy atom. The molecule has 1 amide bonds. The number of aryl methyl sites for hydroxylation is 2. The molecule has 3 aromatic rings. The van der Waals surface area contributed by atoms with E-state index in [1.165, 1.54) is 18.4 Å². The molecule has 0 spiro atoms. The summed E-state index contributed by atoms with van der Waals surface area (Å²) in [4.78, 5) is 12.3. The van der Waals surface area contributed by atoms with Crippen molar-refractivity contribution in [2.45, 2.75) is 31.7 Å². The summed E-state index contributed by atoms with van der Waals surface area (Å²) >= 11 is 0. The van der Waals surface area contributed by atoms with E-state index in [4.69, 9.17) is 9.15 Å². The fourth-order valence-corrected chi connectivity index (χ4v) is 3.94. The van der Waals surface area contributed by atoms with E-state index < -0.39 is 10.0 Å². The molecule has 2 aromatic carbocycles. The maximum atomic E-state index is 12.5. The predicted molar refractivity (Wildman–Crippen MR) is 114 cm³/mol. The first-order valence-corrected chi connectivity index (χ1v) is 10.9. The maximum Gasteiger partial charge on any atom is 0.241 e. The molecule has 0 aliphatic carbocycles. The fourth-order valence-electron chi connectivity index (χ4n) is 2.90. The van der Waals surface area contributed by atoms with Gasteiger partial charge < -0.3 is 14.5 Å². The molecule has 0 atom stereocenters. The number of anilines is 1. The van der Waals surface area contributed by atoms with Crippen LogP contribution in [-0.2, 0) is 21.4 Å². The van der Waals surface area contributed by atoms with Crippen LogP contribution < -0.4 is 14.8 Å². The molecule has 158 valence electrons. The lowest BCUT2D eigenvalue weighted by atomic mass is 10.1. The highest BCUT2D eigenvalue weighted by Gasteiger charge is 2.15. The Morgan fingerprint density at radius 3 is 2.50 bits per heavy atom. The van der Waals surface area contributed by atoms with E-state index in [1.54, 1.807) is 24.3 Å². The molecule has 0 fully saturated rings. The molecule has 0 saturated heterocycles. The second-order valence-electron chi connectivity index (χ2n) is 6.90. The van der Waals surface area contributed by atoms with Crippen molar-refractivity contribution >= 4 is 21.6 Å². The summed E-state index contributed by atoms with van der Waals surface area (Å²) in [6, 6.07) is 15.3. The Balaban J connectivity index is 1.54. The molecule has 0 unspecified atom stereocenters. The van der Waals surface area contributed by atoms with Crippen molar-refractivity contribution in [1.29, 1.82) is 0 Å². The van der Waals surface area contributed by atoms with Crippen LogP contribution >= 0.6 is 0 Å². The van der Waals surface area contributed by atoms with Crippen molar-refractivity contribution < 1.29 is 22.4 Å². The zero-order chi connectivity index (χ0) is 21.6. The van der Waals surface area contributed by atoms with Gasteiger partial charge in [-0.3, -0.25) is 4.79 Å². The fraction of sp³-hybridized carbons (Fsp3) is 0.227. The van der Waals surface area contributed by atoms with Crippen LogP contribution in [-0.4, -0.2) is 20.9 Å². The van der Waals surface area contributed by atoms with E-state index in [0.29, 0.717) is 11.4 Å². The van der Waals surface area contributed by atoms with Gasteiger partial charge in [0, 0.05) is 5.69 Å². The molecular weight excluding hydrogens is 404 g/mol. The van der Waals surface area contributed by atoms with Crippen molar-refractivity contribution in [3.05, 3.63) is 77.7 Å². The molecule has 0 bridgehead atoms. The minimum Gasteiger partial charge on any atom is -0.493 e. The number of furan rings is 1. The number of carbonyl (C=O) groups is 1. The lowest BCUT2D eigenvalue weighted by molar-refractivity contribution is -0.116. The van der Waals surface area contributed by atoms with E-state index in [-0.39, 0.29) is 30.4 Å². The largest absolute Gasteiger partial charge is 0.493 e. The molecule has 7 nitrogen and oxygen atoms in total. The van der Waals surface area contributed by atoms with Crippen molar-refractivity contribution in [3.8, 4) is 5.75 Å². The molecule has 30 heavy (non-hydrogen) atoms. The first-order valence-electron chi connectivity index (χ1n) is 9.45. The lowest BCUT2D eigenvalue weighted by Crippen LogP contribution is -2.23. The third-order valence-electron chi connectivity index (χ3n) is 4.24. The number of hydrogen-bond acceptors (Lipinski definition) is 5. The number of hydrogen-bond donors (Lipinski definition) is 2. The number of nitrogens with one attached hydrogen (secondary N) is 2. The SMILES string of the molecule is Cc1cc(C)cc(OCCC(=O)Nc2cccc(S(=O)(=O)NCc3ccco3)c2)c1. The summed E-state index contributed by atoms with van der Waals surface area (Å²) in [5.74, 6) is 0.959. The van der Waals surface area contributed by atoms with Crippen LogP contribution in [0, 0.1) is 13.8 Å². The number of carbonyl (C=O) groups excluding carboxylic acids is 1. The number of amides is 1. The normalized spacial score (nSPS) is 11.3. The summed E-state index contributed by atoms with van der Waals surface area (Å²) in [6.45, 7) is 4.23. The molecule has 0 aliphatic rings. The molecule has 0 radical (unpaired) electrons. The molecule has 3 rings (SSSR count). The highest BCUT2D eigenvalue weighted by molar-refractivity contribution is 7.89. The summed E-state index contributed by atoms with van der Waals surface area (Å²) in [5.41, 5.74) is 2.58. The second kappa shape index (κ2) is 9.60. The van der Waals surface area contributed by atoms with Crippen LogP contribution in [0.5, 0.6) is 5.75 Å². The van der Waals surface area contributed by atoms with Gasteiger partial charge in [-0.15, -0.1) is 0 Å². The quantitative estimate of drug-likeness (QED) is 0.541. The minimum absolute atomic E-state index is 0.0433. The Hall–Kier alpha value is -3.10. The van der Waals surface area contributed by atoms with E-state index in [2.05, 4.69) is 10.0 Å². The van der Waals surface area contributed by atoms with Gasteiger partial charge in [0.15, 0.2) is 0 Å². The number of benzene rings is 2. The van der Waals surface area contributed by atoms with Gasteiger partial charge in [0.2, 0.25) is 15.9 Å². The zero-order valence-corrected chi connectivity index (χ0v) is 17.7. The van der Waals surface area contributed by atoms with Crippen LogP contribution in [0.4, 0.5) is 5.69 Å². The van der Waals surface area contributed by atoms with Gasteiger partial charge >= 0.3 is 0 Å².